The first-order valence-electron chi connectivity index (χ1n) is 9.27. The molecule has 0 aliphatic heterocycles. The van der Waals surface area contributed by atoms with Gasteiger partial charge in [-0.05, 0) is 68.1 Å². The molecule has 8 atom stereocenters. The monoisotopic (exact) mass is 358 g/mol. The Morgan fingerprint density at radius 1 is 1.13 bits per heavy atom. The predicted octanol–water partition coefficient (Wildman–Crippen LogP) is 4.54. The van der Waals surface area contributed by atoms with Crippen LogP contribution in [0.3, 0.4) is 0 Å². The average molecular weight is 359 g/mol. The SMILES string of the molecule is C[C@]12CCC3C(C[C@@H](Cl)[C@@]4(Cl)C[C@@H](O)CC[C@]34C)C1CCC2=O. The summed E-state index contributed by atoms with van der Waals surface area (Å²) in [4.78, 5) is 12.0. The summed E-state index contributed by atoms with van der Waals surface area (Å²) in [6.07, 6.45) is 6.88. The van der Waals surface area contributed by atoms with Crippen molar-refractivity contribution in [3.05, 3.63) is 0 Å². The van der Waals surface area contributed by atoms with E-state index in [2.05, 4.69) is 13.8 Å². The van der Waals surface area contributed by atoms with Gasteiger partial charge in [-0.3, -0.25) is 4.79 Å². The van der Waals surface area contributed by atoms with E-state index in [-0.39, 0.29) is 22.3 Å². The van der Waals surface area contributed by atoms with Crippen molar-refractivity contribution in [1.29, 1.82) is 0 Å². The summed E-state index contributed by atoms with van der Waals surface area (Å²) in [5.41, 5.74) is -0.134. The molecule has 4 rings (SSSR count). The molecule has 0 amide bonds. The Labute approximate surface area is 149 Å². The maximum Gasteiger partial charge on any atom is 0.139 e. The summed E-state index contributed by atoms with van der Waals surface area (Å²) in [5.74, 6) is 2.03. The Morgan fingerprint density at radius 2 is 1.87 bits per heavy atom. The number of alkyl halides is 2. The Bertz CT molecular complexity index is 537. The number of aliphatic hydroxyl groups excluding tert-OH is 1. The maximum absolute atomic E-state index is 12.5. The van der Waals surface area contributed by atoms with Crippen LogP contribution in [-0.2, 0) is 4.79 Å². The van der Waals surface area contributed by atoms with Crippen molar-refractivity contribution in [2.45, 2.75) is 81.6 Å². The molecule has 3 unspecified atom stereocenters. The highest BCUT2D eigenvalue weighted by molar-refractivity contribution is 6.33. The Hall–Kier alpha value is 0.210. The number of rotatable bonds is 0. The van der Waals surface area contributed by atoms with Gasteiger partial charge in [0.05, 0.1) is 16.4 Å². The molecule has 0 saturated heterocycles. The lowest BCUT2D eigenvalue weighted by Gasteiger charge is -2.64. The molecule has 0 spiro atoms. The van der Waals surface area contributed by atoms with Crippen LogP contribution in [0.1, 0.15) is 65.2 Å². The van der Waals surface area contributed by atoms with E-state index in [1.807, 2.05) is 0 Å². The van der Waals surface area contributed by atoms with Crippen molar-refractivity contribution in [2.24, 2.45) is 28.6 Å². The van der Waals surface area contributed by atoms with E-state index < -0.39 is 4.87 Å². The standard InChI is InChI=1S/C19H28Cl2O2/c1-17-7-6-14-12(13(17)3-4-16(17)23)9-15(20)19(21)10-11(22)5-8-18(14,19)2/h11-15,22H,3-10H2,1-2H3/t11-,12?,13?,14?,15+,17-,18+,19-/m0/s1. The smallest absolute Gasteiger partial charge is 0.139 e. The highest BCUT2D eigenvalue weighted by Crippen LogP contribution is 2.68. The van der Waals surface area contributed by atoms with Crippen LogP contribution in [-0.4, -0.2) is 27.2 Å². The van der Waals surface area contributed by atoms with E-state index >= 15 is 0 Å². The minimum Gasteiger partial charge on any atom is -0.393 e. The third-order valence-electron chi connectivity index (χ3n) is 8.42. The fourth-order valence-electron chi connectivity index (χ4n) is 6.94. The predicted molar refractivity (Wildman–Crippen MR) is 92.9 cm³/mol. The van der Waals surface area contributed by atoms with Crippen LogP contribution in [0.25, 0.3) is 0 Å². The summed E-state index contributed by atoms with van der Waals surface area (Å²) in [5, 5.41) is 10.1. The molecule has 4 aliphatic rings. The lowest BCUT2D eigenvalue weighted by atomic mass is 9.44. The zero-order valence-electron chi connectivity index (χ0n) is 14.2. The molecule has 4 saturated carbocycles. The lowest BCUT2D eigenvalue weighted by Crippen LogP contribution is -2.64. The number of carbonyl (C=O) groups is 1. The van der Waals surface area contributed by atoms with Gasteiger partial charge in [0.15, 0.2) is 0 Å². The van der Waals surface area contributed by atoms with Crippen molar-refractivity contribution in [2.75, 3.05) is 0 Å². The lowest BCUT2D eigenvalue weighted by molar-refractivity contribution is -0.138. The second kappa shape index (κ2) is 5.11. The van der Waals surface area contributed by atoms with Gasteiger partial charge in [0.2, 0.25) is 0 Å². The molecular weight excluding hydrogens is 331 g/mol. The van der Waals surface area contributed by atoms with Crippen molar-refractivity contribution >= 4 is 29.0 Å². The first-order valence-corrected chi connectivity index (χ1v) is 10.1. The van der Waals surface area contributed by atoms with Crippen LogP contribution in [0.5, 0.6) is 0 Å². The first-order chi connectivity index (χ1) is 10.7. The molecule has 0 heterocycles. The highest BCUT2D eigenvalue weighted by atomic mass is 35.5. The van der Waals surface area contributed by atoms with Gasteiger partial charge in [0.25, 0.3) is 0 Å². The molecule has 23 heavy (non-hydrogen) atoms. The molecule has 4 heteroatoms. The molecule has 0 radical (unpaired) electrons. The summed E-state index contributed by atoms with van der Waals surface area (Å²) in [7, 11) is 0. The number of carbonyl (C=O) groups excluding carboxylic acids is 1. The third-order valence-corrected chi connectivity index (χ3v) is 9.93. The normalized spacial score (nSPS) is 59.2. The number of halogens is 2. The zero-order chi connectivity index (χ0) is 16.6. The molecule has 0 aromatic carbocycles. The van der Waals surface area contributed by atoms with Crippen molar-refractivity contribution in [1.82, 2.24) is 0 Å². The van der Waals surface area contributed by atoms with E-state index in [9.17, 15) is 9.90 Å². The van der Waals surface area contributed by atoms with E-state index in [0.717, 1.165) is 44.9 Å². The molecule has 4 fully saturated rings. The fourth-order valence-corrected chi connectivity index (χ4v) is 7.98. The first kappa shape index (κ1) is 16.7. The Kier molecular flexibility index (Phi) is 3.70. The molecule has 0 bridgehead atoms. The molecule has 2 nitrogen and oxygen atoms in total. The van der Waals surface area contributed by atoms with Crippen LogP contribution in [0.4, 0.5) is 0 Å². The van der Waals surface area contributed by atoms with E-state index in [4.69, 9.17) is 23.2 Å². The van der Waals surface area contributed by atoms with Gasteiger partial charge in [0, 0.05) is 11.8 Å². The number of aliphatic hydroxyl groups is 1. The number of hydrogen-bond donors (Lipinski definition) is 1. The molecule has 4 aliphatic carbocycles. The van der Waals surface area contributed by atoms with Crippen molar-refractivity contribution < 1.29 is 9.90 Å². The van der Waals surface area contributed by atoms with Gasteiger partial charge >= 0.3 is 0 Å². The number of fused-ring (bicyclic) bond motifs is 5. The zero-order valence-corrected chi connectivity index (χ0v) is 15.7. The molecule has 0 aromatic rings. The maximum atomic E-state index is 12.5. The number of ketones is 1. The molecule has 0 aromatic heterocycles. The summed E-state index contributed by atoms with van der Waals surface area (Å²) >= 11 is 14.0. The van der Waals surface area contributed by atoms with Gasteiger partial charge in [0.1, 0.15) is 5.78 Å². The Balaban J connectivity index is 1.72. The van der Waals surface area contributed by atoms with Gasteiger partial charge in [-0.2, -0.15) is 0 Å². The molecule has 1 N–H and O–H groups in total. The largest absolute Gasteiger partial charge is 0.393 e. The Morgan fingerprint density at radius 3 is 2.61 bits per heavy atom. The van der Waals surface area contributed by atoms with Gasteiger partial charge in [-0.1, -0.05) is 13.8 Å². The average Bonchev–Trinajstić information content (AvgIpc) is 2.79. The molecular formula is C19H28Cl2O2. The van der Waals surface area contributed by atoms with Gasteiger partial charge in [-0.25, -0.2) is 0 Å². The number of hydrogen-bond acceptors (Lipinski definition) is 2. The van der Waals surface area contributed by atoms with Crippen molar-refractivity contribution in [3.8, 4) is 0 Å². The van der Waals surface area contributed by atoms with Crippen LogP contribution in [0.15, 0.2) is 0 Å². The van der Waals surface area contributed by atoms with Crippen molar-refractivity contribution in [3.63, 3.8) is 0 Å². The summed E-state index contributed by atoms with van der Waals surface area (Å²) in [6.45, 7) is 4.51. The number of Topliss-reactive ketones (excluding diaryl/α,β-unsaturated/α-hetero) is 1. The second-order valence-corrected chi connectivity index (χ2v) is 10.4. The quantitative estimate of drug-likeness (QED) is 0.645. The van der Waals surface area contributed by atoms with Crippen LogP contribution in [0, 0.1) is 28.6 Å². The van der Waals surface area contributed by atoms with E-state index in [1.165, 1.54) is 0 Å². The van der Waals surface area contributed by atoms with E-state index in [1.54, 1.807) is 0 Å². The minimum absolute atomic E-state index is 0.0178. The van der Waals surface area contributed by atoms with Gasteiger partial charge in [-0.15, -0.1) is 23.2 Å². The minimum atomic E-state index is -0.496. The van der Waals surface area contributed by atoms with Gasteiger partial charge < -0.3 is 5.11 Å². The van der Waals surface area contributed by atoms with Crippen LogP contribution < -0.4 is 0 Å². The third kappa shape index (κ3) is 2.01. The summed E-state index contributed by atoms with van der Waals surface area (Å²) < 4.78 is 0. The highest BCUT2D eigenvalue weighted by Gasteiger charge is 2.67. The fraction of sp³-hybridized carbons (Fsp3) is 0.947. The molecule has 130 valence electrons. The van der Waals surface area contributed by atoms with E-state index in [0.29, 0.717) is 30.0 Å². The van der Waals surface area contributed by atoms with Crippen LogP contribution >= 0.6 is 23.2 Å². The summed E-state index contributed by atoms with van der Waals surface area (Å²) in [6, 6.07) is 0. The second-order valence-electron chi connectivity index (χ2n) is 9.17. The topological polar surface area (TPSA) is 37.3 Å². The van der Waals surface area contributed by atoms with Crippen LogP contribution in [0.2, 0.25) is 0 Å².